The summed E-state index contributed by atoms with van der Waals surface area (Å²) in [5, 5.41) is 3.58. The van der Waals surface area contributed by atoms with Crippen LogP contribution in [0.25, 0.3) is 0 Å². The van der Waals surface area contributed by atoms with Crippen molar-refractivity contribution in [1.82, 2.24) is 5.32 Å². The number of hydrogen-bond donors (Lipinski definition) is 2. The summed E-state index contributed by atoms with van der Waals surface area (Å²) in [4.78, 5) is 0. The van der Waals surface area contributed by atoms with Gasteiger partial charge in [0.15, 0.2) is 0 Å². The van der Waals surface area contributed by atoms with Crippen molar-refractivity contribution in [3.05, 3.63) is 0 Å². The summed E-state index contributed by atoms with van der Waals surface area (Å²) in [6, 6.07) is 0.595. The molecule has 0 spiro atoms. The van der Waals surface area contributed by atoms with Crippen LogP contribution in [0.4, 0.5) is 0 Å². The largest absolute Gasteiger partial charge is 0.330 e. The Kier molecular flexibility index (Phi) is 4.74. The van der Waals surface area contributed by atoms with Gasteiger partial charge in [-0.2, -0.15) is 0 Å². The Hall–Kier alpha value is -0.0800. The van der Waals surface area contributed by atoms with Crippen LogP contribution >= 0.6 is 0 Å². The normalized spacial score (nSPS) is 30.7. The lowest BCUT2D eigenvalue weighted by Gasteiger charge is -2.19. The second kappa shape index (κ2) is 5.61. The molecule has 3 atom stereocenters. The van der Waals surface area contributed by atoms with Crippen molar-refractivity contribution >= 4 is 0 Å². The molecular formula is C11H24N2. The lowest BCUT2D eigenvalue weighted by molar-refractivity contribution is 0.368. The van der Waals surface area contributed by atoms with Crippen molar-refractivity contribution in [2.75, 3.05) is 13.1 Å². The van der Waals surface area contributed by atoms with Crippen LogP contribution in [0.2, 0.25) is 0 Å². The standard InChI is InChI=1S/C11H24N2/c1-9-4-3-5-11(9)8-13-10(2)6-7-12/h9-11,13H,3-8,12H2,1-2H3. The SMILES string of the molecule is CC(CCN)NCC1CCCC1C. The first kappa shape index (κ1) is 11.0. The third-order valence-corrected chi connectivity index (χ3v) is 3.37. The molecule has 1 fully saturated rings. The van der Waals surface area contributed by atoms with Gasteiger partial charge >= 0.3 is 0 Å². The predicted molar refractivity (Wildman–Crippen MR) is 57.6 cm³/mol. The van der Waals surface area contributed by atoms with E-state index in [4.69, 9.17) is 5.73 Å². The van der Waals surface area contributed by atoms with E-state index in [0.717, 1.165) is 24.8 Å². The van der Waals surface area contributed by atoms with Gasteiger partial charge in [-0.15, -0.1) is 0 Å². The van der Waals surface area contributed by atoms with Gasteiger partial charge in [-0.05, 0) is 44.7 Å². The number of hydrogen-bond acceptors (Lipinski definition) is 2. The zero-order chi connectivity index (χ0) is 9.68. The molecule has 78 valence electrons. The Labute approximate surface area is 82.3 Å². The quantitative estimate of drug-likeness (QED) is 0.683. The first-order valence-electron chi connectivity index (χ1n) is 5.67. The lowest BCUT2D eigenvalue weighted by atomic mass is 9.98. The van der Waals surface area contributed by atoms with Crippen LogP contribution in [0, 0.1) is 11.8 Å². The molecule has 0 saturated heterocycles. The van der Waals surface area contributed by atoms with E-state index in [1.807, 2.05) is 0 Å². The first-order valence-corrected chi connectivity index (χ1v) is 5.67. The molecule has 1 aliphatic rings. The highest BCUT2D eigenvalue weighted by atomic mass is 14.9. The van der Waals surface area contributed by atoms with E-state index in [-0.39, 0.29) is 0 Å². The van der Waals surface area contributed by atoms with Gasteiger partial charge in [0, 0.05) is 6.04 Å². The van der Waals surface area contributed by atoms with Crippen LogP contribution in [0.15, 0.2) is 0 Å². The van der Waals surface area contributed by atoms with Gasteiger partial charge in [0.2, 0.25) is 0 Å². The van der Waals surface area contributed by atoms with E-state index in [9.17, 15) is 0 Å². The van der Waals surface area contributed by atoms with Crippen molar-refractivity contribution < 1.29 is 0 Å². The third kappa shape index (κ3) is 3.65. The van der Waals surface area contributed by atoms with Gasteiger partial charge in [-0.1, -0.05) is 19.8 Å². The van der Waals surface area contributed by atoms with E-state index in [1.54, 1.807) is 0 Å². The first-order chi connectivity index (χ1) is 6.24. The van der Waals surface area contributed by atoms with Crippen LogP contribution in [0.1, 0.15) is 39.5 Å². The Balaban J connectivity index is 2.10. The molecule has 0 bridgehead atoms. The van der Waals surface area contributed by atoms with Crippen LogP contribution in [-0.2, 0) is 0 Å². The highest BCUT2D eigenvalue weighted by Gasteiger charge is 2.22. The maximum Gasteiger partial charge on any atom is 0.00508 e. The van der Waals surface area contributed by atoms with Crippen LogP contribution < -0.4 is 11.1 Å². The van der Waals surface area contributed by atoms with Crippen molar-refractivity contribution in [2.24, 2.45) is 17.6 Å². The summed E-state index contributed by atoms with van der Waals surface area (Å²) in [5.74, 6) is 1.85. The summed E-state index contributed by atoms with van der Waals surface area (Å²) in [5.41, 5.74) is 5.50. The molecule has 0 heterocycles. The predicted octanol–water partition coefficient (Wildman–Crippen LogP) is 1.75. The molecule has 0 aromatic rings. The average Bonchev–Trinajstić information content (AvgIpc) is 2.48. The summed E-state index contributed by atoms with van der Waals surface area (Å²) in [6.07, 6.45) is 5.38. The Morgan fingerprint density at radius 1 is 1.46 bits per heavy atom. The Bertz CT molecular complexity index is 136. The van der Waals surface area contributed by atoms with Gasteiger partial charge < -0.3 is 11.1 Å². The van der Waals surface area contributed by atoms with Gasteiger partial charge in [0.1, 0.15) is 0 Å². The third-order valence-electron chi connectivity index (χ3n) is 3.37. The molecule has 1 aliphatic carbocycles. The number of nitrogens with two attached hydrogens (primary N) is 1. The van der Waals surface area contributed by atoms with E-state index >= 15 is 0 Å². The van der Waals surface area contributed by atoms with Gasteiger partial charge in [0.05, 0.1) is 0 Å². The molecule has 2 heteroatoms. The summed E-state index contributed by atoms with van der Waals surface area (Å²) < 4.78 is 0. The zero-order valence-electron chi connectivity index (χ0n) is 9.05. The fourth-order valence-corrected chi connectivity index (χ4v) is 2.23. The zero-order valence-corrected chi connectivity index (χ0v) is 9.05. The Morgan fingerprint density at radius 3 is 2.77 bits per heavy atom. The van der Waals surface area contributed by atoms with Crippen molar-refractivity contribution in [1.29, 1.82) is 0 Å². The molecule has 1 rings (SSSR count). The van der Waals surface area contributed by atoms with E-state index < -0.39 is 0 Å². The van der Waals surface area contributed by atoms with E-state index in [0.29, 0.717) is 6.04 Å². The smallest absolute Gasteiger partial charge is 0.00508 e. The number of nitrogens with one attached hydrogen (secondary N) is 1. The molecule has 0 amide bonds. The summed E-state index contributed by atoms with van der Waals surface area (Å²) in [6.45, 7) is 6.61. The fourth-order valence-electron chi connectivity index (χ4n) is 2.23. The maximum absolute atomic E-state index is 5.50. The Morgan fingerprint density at radius 2 is 2.23 bits per heavy atom. The minimum Gasteiger partial charge on any atom is -0.330 e. The molecule has 3 N–H and O–H groups in total. The molecule has 3 unspecified atom stereocenters. The summed E-state index contributed by atoms with van der Waals surface area (Å²) in [7, 11) is 0. The second-order valence-electron chi connectivity index (χ2n) is 4.55. The van der Waals surface area contributed by atoms with Crippen molar-refractivity contribution in [2.45, 2.75) is 45.6 Å². The molecule has 0 aromatic carbocycles. The molecule has 2 nitrogen and oxygen atoms in total. The van der Waals surface area contributed by atoms with Gasteiger partial charge in [-0.25, -0.2) is 0 Å². The molecule has 0 aliphatic heterocycles. The second-order valence-corrected chi connectivity index (χ2v) is 4.55. The minimum absolute atomic E-state index is 0.595. The monoisotopic (exact) mass is 184 g/mol. The fraction of sp³-hybridized carbons (Fsp3) is 1.00. The molecule has 1 saturated carbocycles. The highest BCUT2D eigenvalue weighted by Crippen LogP contribution is 2.30. The van der Waals surface area contributed by atoms with Crippen LogP contribution in [0.5, 0.6) is 0 Å². The van der Waals surface area contributed by atoms with E-state index in [1.165, 1.54) is 25.8 Å². The highest BCUT2D eigenvalue weighted by molar-refractivity contribution is 4.77. The molecule has 0 radical (unpaired) electrons. The summed E-state index contributed by atoms with van der Waals surface area (Å²) >= 11 is 0. The lowest BCUT2D eigenvalue weighted by Crippen LogP contribution is -2.33. The van der Waals surface area contributed by atoms with Gasteiger partial charge in [0.25, 0.3) is 0 Å². The van der Waals surface area contributed by atoms with Gasteiger partial charge in [-0.3, -0.25) is 0 Å². The van der Waals surface area contributed by atoms with Crippen LogP contribution in [0.3, 0.4) is 0 Å². The average molecular weight is 184 g/mol. The minimum atomic E-state index is 0.595. The van der Waals surface area contributed by atoms with E-state index in [2.05, 4.69) is 19.2 Å². The number of rotatable bonds is 5. The van der Waals surface area contributed by atoms with Crippen molar-refractivity contribution in [3.63, 3.8) is 0 Å². The molecule has 13 heavy (non-hydrogen) atoms. The molecule has 0 aromatic heterocycles. The topological polar surface area (TPSA) is 38.0 Å². The maximum atomic E-state index is 5.50. The van der Waals surface area contributed by atoms with Crippen LogP contribution in [-0.4, -0.2) is 19.1 Å². The molecular weight excluding hydrogens is 160 g/mol. The van der Waals surface area contributed by atoms with Crippen molar-refractivity contribution in [3.8, 4) is 0 Å².